The fourth-order valence-electron chi connectivity index (χ4n) is 4.21. The summed E-state index contributed by atoms with van der Waals surface area (Å²) in [6.07, 6.45) is 1.07. The number of aryl methyl sites for hydroxylation is 1. The first-order valence-corrected chi connectivity index (χ1v) is 9.42. The lowest BCUT2D eigenvalue weighted by molar-refractivity contribution is 0.396. The van der Waals surface area contributed by atoms with E-state index in [-0.39, 0.29) is 11.5 Å². The van der Waals surface area contributed by atoms with Gasteiger partial charge in [-0.25, -0.2) is 0 Å². The molecule has 0 bridgehead atoms. The zero-order valence-electron chi connectivity index (χ0n) is 16.4. The van der Waals surface area contributed by atoms with Gasteiger partial charge in [-0.3, -0.25) is 0 Å². The molecule has 2 aromatic carbocycles. The Bertz CT molecular complexity index is 962. The molecule has 2 N–H and O–H groups in total. The third-order valence-corrected chi connectivity index (χ3v) is 5.57. The van der Waals surface area contributed by atoms with Crippen LogP contribution in [0.25, 0.3) is 10.9 Å². The van der Waals surface area contributed by atoms with Crippen LogP contribution >= 0.6 is 0 Å². The van der Waals surface area contributed by atoms with E-state index in [1.54, 1.807) is 7.11 Å². The lowest BCUT2D eigenvalue weighted by Crippen LogP contribution is -2.31. The highest BCUT2D eigenvalue weighted by Gasteiger charge is 2.28. The Kier molecular flexibility index (Phi) is 4.07. The molecule has 136 valence electrons. The average Bonchev–Trinajstić information content (AvgIpc) is 2.99. The lowest BCUT2D eigenvalue weighted by Gasteiger charge is -2.29. The van der Waals surface area contributed by atoms with Crippen molar-refractivity contribution in [3.63, 3.8) is 0 Å². The summed E-state index contributed by atoms with van der Waals surface area (Å²) in [5, 5.41) is 5.10. The van der Waals surface area contributed by atoms with Crippen molar-refractivity contribution in [2.24, 2.45) is 0 Å². The van der Waals surface area contributed by atoms with Gasteiger partial charge in [0.2, 0.25) is 0 Å². The zero-order valence-corrected chi connectivity index (χ0v) is 16.4. The van der Waals surface area contributed by atoms with Crippen LogP contribution in [0.3, 0.4) is 0 Å². The first-order chi connectivity index (χ1) is 12.4. The molecule has 0 aliphatic carbocycles. The SMILES string of the molecule is COc1cc(C)c(C2NCCc3c2[nH]c2ccccc32)cc1C(C)(C)C. The van der Waals surface area contributed by atoms with Gasteiger partial charge >= 0.3 is 0 Å². The molecule has 1 unspecified atom stereocenters. The average molecular weight is 348 g/mol. The molecule has 3 heteroatoms. The second kappa shape index (κ2) is 6.17. The van der Waals surface area contributed by atoms with Gasteiger partial charge in [-0.1, -0.05) is 39.0 Å². The van der Waals surface area contributed by atoms with Crippen LogP contribution < -0.4 is 10.1 Å². The van der Waals surface area contributed by atoms with Crippen molar-refractivity contribution < 1.29 is 4.74 Å². The number of hydrogen-bond donors (Lipinski definition) is 2. The van der Waals surface area contributed by atoms with Gasteiger partial charge in [0.15, 0.2) is 0 Å². The summed E-state index contributed by atoms with van der Waals surface area (Å²) in [5.74, 6) is 0.978. The maximum Gasteiger partial charge on any atom is 0.122 e. The van der Waals surface area contributed by atoms with Crippen molar-refractivity contribution in [2.75, 3.05) is 13.7 Å². The van der Waals surface area contributed by atoms with Gasteiger partial charge in [0.05, 0.1) is 13.2 Å². The number of methoxy groups -OCH3 is 1. The molecule has 0 saturated carbocycles. The molecule has 0 radical (unpaired) electrons. The van der Waals surface area contributed by atoms with Crippen LogP contribution in [-0.2, 0) is 11.8 Å². The van der Waals surface area contributed by atoms with Crippen molar-refractivity contribution in [1.29, 1.82) is 0 Å². The maximum atomic E-state index is 5.68. The predicted molar refractivity (Wildman–Crippen MR) is 108 cm³/mol. The molecule has 2 heterocycles. The number of H-pyrrole nitrogens is 1. The van der Waals surface area contributed by atoms with Crippen molar-refractivity contribution in [1.82, 2.24) is 10.3 Å². The summed E-state index contributed by atoms with van der Waals surface area (Å²) in [5.41, 5.74) is 7.88. The van der Waals surface area contributed by atoms with E-state index in [0.717, 1.165) is 18.7 Å². The fourth-order valence-corrected chi connectivity index (χ4v) is 4.21. The summed E-state index contributed by atoms with van der Waals surface area (Å²) in [4.78, 5) is 3.68. The van der Waals surface area contributed by atoms with Crippen LogP contribution in [0.4, 0.5) is 0 Å². The molecule has 1 aliphatic heterocycles. The Hall–Kier alpha value is -2.26. The first-order valence-electron chi connectivity index (χ1n) is 9.42. The van der Waals surface area contributed by atoms with Crippen molar-refractivity contribution >= 4 is 10.9 Å². The number of benzene rings is 2. The molecule has 1 aliphatic rings. The first kappa shape index (κ1) is 17.2. The number of aromatic amines is 1. The number of nitrogens with one attached hydrogen (secondary N) is 2. The highest BCUT2D eigenvalue weighted by Crippen LogP contribution is 2.39. The molecule has 26 heavy (non-hydrogen) atoms. The Morgan fingerprint density at radius 2 is 1.88 bits per heavy atom. The third kappa shape index (κ3) is 2.71. The maximum absolute atomic E-state index is 5.68. The van der Waals surface area contributed by atoms with Crippen molar-refractivity contribution in [3.05, 3.63) is 64.3 Å². The van der Waals surface area contributed by atoms with E-state index >= 15 is 0 Å². The molecule has 4 rings (SSSR count). The van der Waals surface area contributed by atoms with Crippen LogP contribution in [0, 0.1) is 6.92 Å². The molecule has 0 fully saturated rings. The molecule has 0 amide bonds. The summed E-state index contributed by atoms with van der Waals surface area (Å²) in [6, 6.07) is 13.4. The van der Waals surface area contributed by atoms with Gasteiger partial charge in [0.25, 0.3) is 0 Å². The van der Waals surface area contributed by atoms with E-state index in [1.165, 1.54) is 38.9 Å². The number of hydrogen-bond acceptors (Lipinski definition) is 2. The van der Waals surface area contributed by atoms with Crippen LogP contribution in [0.5, 0.6) is 5.75 Å². The fraction of sp³-hybridized carbons (Fsp3) is 0.391. The van der Waals surface area contributed by atoms with Crippen LogP contribution in [-0.4, -0.2) is 18.6 Å². The third-order valence-electron chi connectivity index (χ3n) is 5.57. The summed E-state index contributed by atoms with van der Waals surface area (Å²) in [7, 11) is 1.76. The van der Waals surface area contributed by atoms with Crippen LogP contribution in [0.2, 0.25) is 0 Å². The minimum absolute atomic E-state index is 0.0335. The zero-order chi connectivity index (χ0) is 18.5. The van der Waals surface area contributed by atoms with Crippen molar-refractivity contribution in [3.8, 4) is 5.75 Å². The number of ether oxygens (including phenoxy) is 1. The number of fused-ring (bicyclic) bond motifs is 3. The second-order valence-corrected chi connectivity index (χ2v) is 8.36. The molecule has 1 aromatic heterocycles. The van der Waals surface area contributed by atoms with E-state index in [9.17, 15) is 0 Å². The predicted octanol–water partition coefficient (Wildman–Crippen LogP) is 5.02. The van der Waals surface area contributed by atoms with Gasteiger partial charge in [0.1, 0.15) is 5.75 Å². The van der Waals surface area contributed by atoms with Crippen molar-refractivity contribution in [2.45, 2.75) is 45.6 Å². The molecular weight excluding hydrogens is 320 g/mol. The molecule has 3 nitrogen and oxygen atoms in total. The second-order valence-electron chi connectivity index (χ2n) is 8.36. The van der Waals surface area contributed by atoms with Crippen LogP contribution in [0.15, 0.2) is 36.4 Å². The van der Waals surface area contributed by atoms with E-state index in [2.05, 4.69) is 74.4 Å². The highest BCUT2D eigenvalue weighted by molar-refractivity contribution is 5.85. The minimum Gasteiger partial charge on any atom is -0.496 e. The number of rotatable bonds is 2. The molecule has 3 aromatic rings. The van der Waals surface area contributed by atoms with Crippen LogP contribution in [0.1, 0.15) is 54.8 Å². The summed E-state index contributed by atoms with van der Waals surface area (Å²) >= 11 is 0. The topological polar surface area (TPSA) is 37.0 Å². The Balaban J connectivity index is 1.90. The largest absolute Gasteiger partial charge is 0.496 e. The van der Waals surface area contributed by atoms with E-state index in [4.69, 9.17) is 4.74 Å². The summed E-state index contributed by atoms with van der Waals surface area (Å²) < 4.78 is 5.68. The molecule has 0 spiro atoms. The summed E-state index contributed by atoms with van der Waals surface area (Å²) in [6.45, 7) is 9.91. The van der Waals surface area contributed by atoms with E-state index in [0.29, 0.717) is 0 Å². The van der Waals surface area contributed by atoms with Gasteiger partial charge in [-0.05, 0) is 59.2 Å². The van der Waals surface area contributed by atoms with Gasteiger partial charge < -0.3 is 15.0 Å². The lowest BCUT2D eigenvalue weighted by atomic mass is 9.82. The van der Waals surface area contributed by atoms with Gasteiger partial charge in [-0.15, -0.1) is 0 Å². The smallest absolute Gasteiger partial charge is 0.122 e. The van der Waals surface area contributed by atoms with Gasteiger partial charge in [0, 0.05) is 23.1 Å². The Morgan fingerprint density at radius 1 is 1.12 bits per heavy atom. The Labute approximate surface area is 155 Å². The van der Waals surface area contributed by atoms with E-state index in [1.807, 2.05) is 0 Å². The number of aromatic nitrogens is 1. The van der Waals surface area contributed by atoms with Gasteiger partial charge in [-0.2, -0.15) is 0 Å². The standard InChI is InChI=1S/C23H28N2O/c1-14-12-20(26-5)18(23(2,3)4)13-17(14)21-22-16(10-11-24-21)15-8-6-7-9-19(15)25-22/h6-9,12-13,21,24-25H,10-11H2,1-5H3. The minimum atomic E-state index is 0.0335. The normalized spacial score (nSPS) is 17.3. The van der Waals surface area contributed by atoms with E-state index < -0.39 is 0 Å². The molecule has 0 saturated heterocycles. The quantitative estimate of drug-likeness (QED) is 0.682. The Morgan fingerprint density at radius 3 is 2.62 bits per heavy atom. The molecule has 1 atom stereocenters. The number of para-hydroxylation sites is 1. The highest BCUT2D eigenvalue weighted by atomic mass is 16.5. The monoisotopic (exact) mass is 348 g/mol. The molecular formula is C23H28N2O.